The maximum atomic E-state index is 15.0. The zero-order chi connectivity index (χ0) is 23.2. The predicted molar refractivity (Wildman–Crippen MR) is 132 cm³/mol. The van der Waals surface area contributed by atoms with Crippen LogP contribution in [0.3, 0.4) is 0 Å². The number of fused-ring (bicyclic) bond motifs is 1. The molecule has 0 aliphatic heterocycles. The number of hydrogen-bond acceptors (Lipinski definition) is 3. The molecule has 1 heterocycles. The number of nitrogens with zero attached hydrogens (tertiary/aromatic N) is 2. The molecule has 0 radical (unpaired) electrons. The summed E-state index contributed by atoms with van der Waals surface area (Å²) in [5.74, 6) is -0.190. The Labute approximate surface area is 199 Å². The minimum Gasteiger partial charge on any atom is -0.227 e. The molecular weight excluding hydrogens is 503 g/mol. The topological polar surface area (TPSA) is 52.0 Å². The molecule has 0 bridgehead atoms. The van der Waals surface area contributed by atoms with Crippen LogP contribution >= 0.6 is 15.9 Å². The van der Waals surface area contributed by atoms with Crippen LogP contribution in [-0.4, -0.2) is 17.4 Å². The molecule has 164 valence electrons. The third kappa shape index (κ3) is 3.67. The lowest BCUT2D eigenvalue weighted by atomic mass is 10.0. The molecule has 0 N–H and O–H groups in total. The third-order valence-corrected chi connectivity index (χ3v) is 7.82. The number of rotatable bonds is 4. The van der Waals surface area contributed by atoms with Crippen molar-refractivity contribution in [1.82, 2.24) is 8.96 Å². The van der Waals surface area contributed by atoms with Crippen molar-refractivity contribution in [3.05, 3.63) is 107 Å². The van der Waals surface area contributed by atoms with Gasteiger partial charge in [0.25, 0.3) is 10.0 Å². The Kier molecular flexibility index (Phi) is 5.38. The quantitative estimate of drug-likeness (QED) is 0.261. The van der Waals surface area contributed by atoms with Crippen molar-refractivity contribution in [2.24, 2.45) is 0 Å². The fraction of sp³-hybridized carbons (Fsp3) is 0.0385. The number of hydrogen-bond donors (Lipinski definition) is 0. The van der Waals surface area contributed by atoms with E-state index in [9.17, 15) is 12.8 Å². The van der Waals surface area contributed by atoms with Crippen molar-refractivity contribution in [1.29, 1.82) is 0 Å². The van der Waals surface area contributed by atoms with Crippen LogP contribution in [0.15, 0.2) is 100 Å². The van der Waals surface area contributed by atoms with Gasteiger partial charge < -0.3 is 0 Å². The summed E-state index contributed by atoms with van der Waals surface area (Å²) in [6.07, 6.45) is 0. The number of para-hydroxylation sites is 1. The Morgan fingerprint density at radius 3 is 2.24 bits per heavy atom. The van der Waals surface area contributed by atoms with E-state index < -0.39 is 15.8 Å². The summed E-state index contributed by atoms with van der Waals surface area (Å²) in [6.45, 7) is 1.90. The first-order valence-electron chi connectivity index (χ1n) is 10.2. The third-order valence-electron chi connectivity index (χ3n) is 5.46. The van der Waals surface area contributed by atoms with Crippen LogP contribution in [0.1, 0.15) is 5.56 Å². The van der Waals surface area contributed by atoms with Crippen molar-refractivity contribution in [3.8, 4) is 22.5 Å². The van der Waals surface area contributed by atoms with Gasteiger partial charge in [0.1, 0.15) is 5.82 Å². The van der Waals surface area contributed by atoms with E-state index in [1.54, 1.807) is 66.7 Å². The van der Waals surface area contributed by atoms with E-state index in [1.165, 1.54) is 10.0 Å². The van der Waals surface area contributed by atoms with Gasteiger partial charge in [-0.1, -0.05) is 82.2 Å². The Bertz CT molecular complexity index is 1580. The monoisotopic (exact) mass is 520 g/mol. The average Bonchev–Trinajstić information content (AvgIpc) is 3.21. The first kappa shape index (κ1) is 21.6. The Hall–Kier alpha value is -3.29. The van der Waals surface area contributed by atoms with E-state index in [2.05, 4.69) is 20.9 Å². The Morgan fingerprint density at radius 1 is 0.848 bits per heavy atom. The minimum absolute atomic E-state index is 0.131. The first-order chi connectivity index (χ1) is 15.9. The standard InChI is InChI=1S/C26H18BrFN2O2S/c1-17-13-15-19(16-14-17)33(31,32)30-25-20(24-21(27)10-6-11-22(24)28)9-5-12-23(25)29-26(30)18-7-3-2-4-8-18/h2-16H,1H3. The second-order valence-corrected chi connectivity index (χ2v) is 10.3. The number of imidazole rings is 1. The number of benzene rings is 4. The Balaban J connectivity index is 1.93. The van der Waals surface area contributed by atoms with Crippen LogP contribution in [0.25, 0.3) is 33.5 Å². The van der Waals surface area contributed by atoms with Crippen LogP contribution in [0, 0.1) is 12.7 Å². The summed E-state index contributed by atoms with van der Waals surface area (Å²) in [5.41, 5.74) is 3.08. The van der Waals surface area contributed by atoms with E-state index >= 15 is 0 Å². The molecule has 4 nitrogen and oxygen atoms in total. The van der Waals surface area contributed by atoms with Gasteiger partial charge in [-0.15, -0.1) is 0 Å². The van der Waals surface area contributed by atoms with Gasteiger partial charge in [-0.2, -0.15) is 0 Å². The molecule has 0 saturated heterocycles. The number of aromatic nitrogens is 2. The lowest BCUT2D eigenvalue weighted by Gasteiger charge is -2.14. The molecule has 5 rings (SSSR count). The van der Waals surface area contributed by atoms with E-state index in [1.807, 2.05) is 25.1 Å². The van der Waals surface area contributed by atoms with Crippen molar-refractivity contribution < 1.29 is 12.8 Å². The maximum absolute atomic E-state index is 15.0. The van der Waals surface area contributed by atoms with E-state index in [0.717, 1.165) is 5.56 Å². The van der Waals surface area contributed by atoms with Crippen LogP contribution in [-0.2, 0) is 10.0 Å². The smallest absolute Gasteiger partial charge is 0.227 e. The highest BCUT2D eigenvalue weighted by Gasteiger charge is 2.28. The van der Waals surface area contributed by atoms with E-state index in [-0.39, 0.29) is 16.3 Å². The summed E-state index contributed by atoms with van der Waals surface area (Å²) in [5, 5.41) is 0. The van der Waals surface area contributed by atoms with Crippen molar-refractivity contribution >= 4 is 37.0 Å². The molecule has 4 aromatic carbocycles. The predicted octanol–water partition coefficient (Wildman–Crippen LogP) is 6.82. The van der Waals surface area contributed by atoms with Gasteiger partial charge in [-0.25, -0.2) is 21.8 Å². The van der Waals surface area contributed by atoms with Gasteiger partial charge in [-0.05, 0) is 37.3 Å². The molecule has 0 fully saturated rings. The minimum atomic E-state index is -4.06. The van der Waals surface area contributed by atoms with Crippen molar-refractivity contribution in [3.63, 3.8) is 0 Å². The van der Waals surface area contributed by atoms with Gasteiger partial charge in [0, 0.05) is 21.2 Å². The molecule has 0 atom stereocenters. The highest BCUT2D eigenvalue weighted by Crippen LogP contribution is 2.39. The van der Waals surface area contributed by atoms with Gasteiger partial charge in [0.15, 0.2) is 5.82 Å². The van der Waals surface area contributed by atoms with Crippen LogP contribution in [0.5, 0.6) is 0 Å². The molecule has 0 unspecified atom stereocenters. The van der Waals surface area contributed by atoms with Gasteiger partial charge in [0.2, 0.25) is 0 Å². The molecule has 0 aliphatic rings. The van der Waals surface area contributed by atoms with Gasteiger partial charge in [0.05, 0.1) is 15.9 Å². The molecule has 0 spiro atoms. The second-order valence-electron chi connectivity index (χ2n) is 7.65. The molecule has 0 saturated carbocycles. The molecule has 5 aromatic rings. The van der Waals surface area contributed by atoms with Gasteiger partial charge in [-0.3, -0.25) is 0 Å². The summed E-state index contributed by atoms with van der Waals surface area (Å²) in [6, 6.07) is 25.7. The highest BCUT2D eigenvalue weighted by molar-refractivity contribution is 9.10. The molecule has 1 aromatic heterocycles. The summed E-state index contributed by atoms with van der Waals surface area (Å²) in [7, 11) is -4.06. The van der Waals surface area contributed by atoms with Crippen LogP contribution in [0.4, 0.5) is 4.39 Å². The average molecular weight is 521 g/mol. The van der Waals surface area contributed by atoms with Crippen molar-refractivity contribution in [2.45, 2.75) is 11.8 Å². The zero-order valence-electron chi connectivity index (χ0n) is 17.5. The van der Waals surface area contributed by atoms with E-state index in [0.29, 0.717) is 26.6 Å². The lowest BCUT2D eigenvalue weighted by Crippen LogP contribution is -2.15. The SMILES string of the molecule is Cc1ccc(S(=O)(=O)n2c(-c3ccccc3)nc3cccc(-c4c(F)cccc4Br)c32)cc1. The number of aryl methyl sites for hydroxylation is 1. The van der Waals surface area contributed by atoms with Crippen LogP contribution in [0.2, 0.25) is 0 Å². The molecular formula is C26H18BrFN2O2S. The second kappa shape index (κ2) is 8.24. The summed E-state index contributed by atoms with van der Waals surface area (Å²) in [4.78, 5) is 4.82. The number of halogens is 2. The zero-order valence-corrected chi connectivity index (χ0v) is 19.9. The summed E-state index contributed by atoms with van der Waals surface area (Å²) < 4.78 is 44.7. The molecule has 0 amide bonds. The lowest BCUT2D eigenvalue weighted by molar-refractivity contribution is 0.589. The fourth-order valence-corrected chi connectivity index (χ4v) is 5.93. The highest BCUT2D eigenvalue weighted by atomic mass is 79.9. The van der Waals surface area contributed by atoms with Crippen LogP contribution < -0.4 is 0 Å². The fourth-order valence-electron chi connectivity index (χ4n) is 3.88. The summed E-state index contributed by atoms with van der Waals surface area (Å²) >= 11 is 3.43. The van der Waals surface area contributed by atoms with Crippen molar-refractivity contribution in [2.75, 3.05) is 0 Å². The molecule has 0 aliphatic carbocycles. The molecule has 7 heteroatoms. The molecule has 33 heavy (non-hydrogen) atoms. The largest absolute Gasteiger partial charge is 0.270 e. The van der Waals surface area contributed by atoms with E-state index in [4.69, 9.17) is 0 Å². The maximum Gasteiger partial charge on any atom is 0.270 e. The Morgan fingerprint density at radius 2 is 1.55 bits per heavy atom. The van der Waals surface area contributed by atoms with Gasteiger partial charge >= 0.3 is 0 Å². The first-order valence-corrected chi connectivity index (χ1v) is 12.4. The normalized spacial score (nSPS) is 11.7.